The summed E-state index contributed by atoms with van der Waals surface area (Å²) in [5.41, 5.74) is 3.03. The fourth-order valence-corrected chi connectivity index (χ4v) is 3.45. The predicted molar refractivity (Wildman–Crippen MR) is 122 cm³/mol. The number of hydrogen-bond acceptors (Lipinski definition) is 7. The van der Waals surface area contributed by atoms with E-state index in [2.05, 4.69) is 36.2 Å². The minimum absolute atomic E-state index is 0.147. The molecule has 0 fully saturated rings. The number of fused-ring (bicyclic) bond motifs is 4. The first-order chi connectivity index (χ1) is 15.8. The van der Waals surface area contributed by atoms with E-state index in [9.17, 15) is 9.59 Å². The average Bonchev–Trinajstić information content (AvgIpc) is 3.29. The van der Waals surface area contributed by atoms with Crippen molar-refractivity contribution in [2.75, 3.05) is 5.32 Å². The number of tetrazole rings is 1. The molecule has 1 aliphatic heterocycles. The first-order valence-corrected chi connectivity index (χ1v) is 10.6. The first-order valence-electron chi connectivity index (χ1n) is 10.6. The molecule has 0 unspecified atom stereocenters. The molecule has 0 radical (unpaired) electrons. The van der Waals surface area contributed by atoms with Crippen molar-refractivity contribution in [3.63, 3.8) is 0 Å². The van der Waals surface area contributed by atoms with Crippen LogP contribution in [0.3, 0.4) is 0 Å². The molecule has 0 aliphatic carbocycles. The van der Waals surface area contributed by atoms with Crippen molar-refractivity contribution in [3.8, 4) is 22.5 Å². The summed E-state index contributed by atoms with van der Waals surface area (Å²) in [6.45, 7) is 5.43. The van der Waals surface area contributed by atoms with Gasteiger partial charge < -0.3 is 15.4 Å². The number of hydrogen-bond donors (Lipinski definition) is 3. The Morgan fingerprint density at radius 1 is 1.15 bits per heavy atom. The van der Waals surface area contributed by atoms with E-state index in [0.717, 1.165) is 16.7 Å². The Morgan fingerprint density at radius 3 is 2.76 bits per heavy atom. The Morgan fingerprint density at radius 2 is 2.00 bits per heavy atom. The van der Waals surface area contributed by atoms with Crippen LogP contribution < -0.4 is 10.6 Å². The number of carbonyl (C=O) groups is 2. The summed E-state index contributed by atoms with van der Waals surface area (Å²) in [6.07, 6.45) is 5.44. The van der Waals surface area contributed by atoms with Crippen LogP contribution in [0.25, 0.3) is 22.5 Å². The lowest BCUT2D eigenvalue weighted by atomic mass is 9.98. The normalized spacial score (nSPS) is 17.1. The Bertz CT molecular complexity index is 1180. The van der Waals surface area contributed by atoms with Gasteiger partial charge in [-0.3, -0.25) is 9.78 Å². The van der Waals surface area contributed by atoms with E-state index in [1.54, 1.807) is 12.3 Å². The van der Waals surface area contributed by atoms with Gasteiger partial charge in [-0.25, -0.2) is 4.79 Å². The molecule has 10 nitrogen and oxygen atoms in total. The molecular formula is C23H25N7O3. The third kappa shape index (κ3) is 5.59. The number of alkyl carbamates (subject to hydrolysis) is 1. The van der Waals surface area contributed by atoms with Gasteiger partial charge in [0.15, 0.2) is 0 Å². The fourth-order valence-electron chi connectivity index (χ4n) is 3.45. The zero-order valence-electron chi connectivity index (χ0n) is 18.6. The predicted octanol–water partition coefficient (Wildman–Crippen LogP) is 3.78. The van der Waals surface area contributed by atoms with E-state index < -0.39 is 17.7 Å². The van der Waals surface area contributed by atoms with Crippen molar-refractivity contribution in [2.45, 2.75) is 45.3 Å². The number of benzene rings is 1. The summed E-state index contributed by atoms with van der Waals surface area (Å²) >= 11 is 0. The van der Waals surface area contributed by atoms with Crippen LogP contribution in [0, 0.1) is 0 Å². The SMILES string of the molecule is CC(C)(C)OC(=O)N[C@H]1C/C=C\CC(=O)Nc2ccc(-c3nn[nH]n3)cc2-c2ccnc1c2. The molecule has 4 rings (SSSR count). The summed E-state index contributed by atoms with van der Waals surface area (Å²) in [5.74, 6) is 0.295. The van der Waals surface area contributed by atoms with Crippen molar-refractivity contribution < 1.29 is 14.3 Å². The highest BCUT2D eigenvalue weighted by molar-refractivity contribution is 5.97. The van der Waals surface area contributed by atoms with Gasteiger partial charge in [0.2, 0.25) is 11.7 Å². The van der Waals surface area contributed by atoms with Gasteiger partial charge in [0.1, 0.15) is 5.60 Å². The molecule has 1 atom stereocenters. The summed E-state index contributed by atoms with van der Waals surface area (Å²) < 4.78 is 5.43. The number of amides is 2. The minimum atomic E-state index is -0.622. The second-order valence-corrected chi connectivity index (χ2v) is 8.62. The van der Waals surface area contributed by atoms with Crippen molar-refractivity contribution >= 4 is 17.7 Å². The van der Waals surface area contributed by atoms with Crippen LogP contribution in [0.5, 0.6) is 0 Å². The Labute approximate surface area is 190 Å². The topological polar surface area (TPSA) is 135 Å². The summed E-state index contributed by atoms with van der Waals surface area (Å²) in [4.78, 5) is 29.5. The van der Waals surface area contributed by atoms with Crippen LogP contribution >= 0.6 is 0 Å². The Balaban J connectivity index is 1.75. The van der Waals surface area contributed by atoms with E-state index in [1.165, 1.54) is 0 Å². The molecule has 3 N–H and O–H groups in total. The van der Waals surface area contributed by atoms with Crippen LogP contribution in [0.15, 0.2) is 48.7 Å². The van der Waals surface area contributed by atoms with Gasteiger partial charge in [-0.1, -0.05) is 12.2 Å². The maximum atomic E-state index is 12.5. The number of H-pyrrole nitrogens is 1. The van der Waals surface area contributed by atoms with E-state index in [-0.39, 0.29) is 12.3 Å². The van der Waals surface area contributed by atoms with Gasteiger partial charge in [0.05, 0.1) is 11.7 Å². The summed E-state index contributed by atoms with van der Waals surface area (Å²) in [7, 11) is 0. The van der Waals surface area contributed by atoms with E-state index in [0.29, 0.717) is 23.6 Å². The van der Waals surface area contributed by atoms with E-state index in [4.69, 9.17) is 4.74 Å². The van der Waals surface area contributed by atoms with Gasteiger partial charge in [-0.2, -0.15) is 5.21 Å². The van der Waals surface area contributed by atoms with Gasteiger partial charge in [-0.15, -0.1) is 10.2 Å². The van der Waals surface area contributed by atoms with Crippen LogP contribution in [0.1, 0.15) is 45.3 Å². The molecule has 3 aromatic rings. The van der Waals surface area contributed by atoms with Crippen molar-refractivity contribution in [1.29, 1.82) is 0 Å². The molecule has 2 bridgehead atoms. The second-order valence-electron chi connectivity index (χ2n) is 8.62. The molecule has 0 saturated heterocycles. The molecule has 0 saturated carbocycles. The summed E-state index contributed by atoms with van der Waals surface area (Å²) in [6, 6.07) is 8.83. The molecule has 1 aromatic carbocycles. The zero-order valence-corrected chi connectivity index (χ0v) is 18.6. The number of aromatic nitrogens is 5. The monoisotopic (exact) mass is 447 g/mol. The highest BCUT2D eigenvalue weighted by Crippen LogP contribution is 2.33. The number of aromatic amines is 1. The minimum Gasteiger partial charge on any atom is -0.444 e. The van der Waals surface area contributed by atoms with E-state index in [1.807, 2.05) is 57.2 Å². The fraction of sp³-hybridized carbons (Fsp3) is 0.304. The van der Waals surface area contributed by atoms with Crippen molar-refractivity contribution in [1.82, 2.24) is 30.9 Å². The number of nitrogens with one attached hydrogen (secondary N) is 3. The molecule has 3 heterocycles. The number of ether oxygens (including phenoxy) is 1. The lowest BCUT2D eigenvalue weighted by Crippen LogP contribution is -2.35. The van der Waals surface area contributed by atoms with Gasteiger partial charge in [-0.05, 0) is 68.3 Å². The quantitative estimate of drug-likeness (QED) is 0.509. The molecule has 0 spiro atoms. The Kier molecular flexibility index (Phi) is 6.16. The molecular weight excluding hydrogens is 422 g/mol. The molecule has 33 heavy (non-hydrogen) atoms. The number of pyridine rings is 1. The summed E-state index contributed by atoms with van der Waals surface area (Å²) in [5, 5.41) is 20.0. The van der Waals surface area contributed by atoms with Crippen LogP contribution in [0.4, 0.5) is 10.5 Å². The average molecular weight is 447 g/mol. The number of rotatable bonds is 2. The van der Waals surface area contributed by atoms with E-state index >= 15 is 0 Å². The lowest BCUT2D eigenvalue weighted by Gasteiger charge is -2.23. The van der Waals surface area contributed by atoms with Crippen LogP contribution in [0.2, 0.25) is 0 Å². The molecule has 170 valence electrons. The molecule has 2 amide bonds. The maximum Gasteiger partial charge on any atom is 0.408 e. The standard InChI is InChI=1S/C23H25N7O3/c1-23(2,3)33-22(32)26-18-6-4-5-7-20(31)25-17-9-8-15(21-27-29-30-28-21)12-16(17)14-10-11-24-19(18)13-14/h4-5,8-13,18H,6-7H2,1-3H3,(H,25,31)(H,26,32)(H,27,28,29,30)/b5-4-/t18-/m0/s1. The molecule has 2 aromatic heterocycles. The third-order valence-electron chi connectivity index (χ3n) is 4.88. The number of nitrogens with zero attached hydrogens (tertiary/aromatic N) is 4. The molecule has 10 heteroatoms. The zero-order chi connectivity index (χ0) is 23.4. The lowest BCUT2D eigenvalue weighted by molar-refractivity contribution is -0.115. The smallest absolute Gasteiger partial charge is 0.408 e. The number of anilines is 1. The van der Waals surface area contributed by atoms with Crippen LogP contribution in [-0.2, 0) is 9.53 Å². The van der Waals surface area contributed by atoms with Gasteiger partial charge >= 0.3 is 6.09 Å². The highest BCUT2D eigenvalue weighted by Gasteiger charge is 2.22. The van der Waals surface area contributed by atoms with Crippen LogP contribution in [-0.4, -0.2) is 43.2 Å². The maximum absolute atomic E-state index is 12.5. The van der Waals surface area contributed by atoms with Gasteiger partial charge in [0.25, 0.3) is 0 Å². The van der Waals surface area contributed by atoms with Crippen molar-refractivity contribution in [2.24, 2.45) is 0 Å². The Hall–Kier alpha value is -4.08. The number of carbonyl (C=O) groups excluding carboxylic acids is 2. The van der Waals surface area contributed by atoms with Crippen molar-refractivity contribution in [3.05, 3.63) is 54.4 Å². The second kappa shape index (κ2) is 9.19. The first kappa shape index (κ1) is 22.1. The highest BCUT2D eigenvalue weighted by atomic mass is 16.6. The molecule has 1 aliphatic rings. The third-order valence-corrected chi connectivity index (χ3v) is 4.88. The van der Waals surface area contributed by atoms with Gasteiger partial charge in [0, 0.05) is 29.4 Å². The largest absolute Gasteiger partial charge is 0.444 e.